The smallest absolute Gasteiger partial charge is 0.254 e. The first-order valence-corrected chi connectivity index (χ1v) is 12.1. The van der Waals surface area contributed by atoms with Gasteiger partial charge in [0.15, 0.2) is 0 Å². The van der Waals surface area contributed by atoms with Crippen LogP contribution < -0.4 is 4.74 Å². The number of carbonyl (C=O) groups is 1. The number of amides is 1. The predicted octanol–water partition coefficient (Wildman–Crippen LogP) is 5.02. The molecule has 1 fully saturated rings. The van der Waals surface area contributed by atoms with Crippen LogP contribution in [-0.4, -0.2) is 61.7 Å². The molecule has 0 unspecified atom stereocenters. The highest BCUT2D eigenvalue weighted by molar-refractivity contribution is 6.30. The summed E-state index contributed by atoms with van der Waals surface area (Å²) in [6.45, 7) is 3.89. The Kier molecular flexibility index (Phi) is 8.23. The monoisotopic (exact) mass is 474 g/mol. The number of hydrogen-bond acceptors (Lipinski definition) is 4. The van der Waals surface area contributed by atoms with Gasteiger partial charge in [0, 0.05) is 55.4 Å². The van der Waals surface area contributed by atoms with Gasteiger partial charge in [0.05, 0.1) is 6.10 Å². The summed E-state index contributed by atoms with van der Waals surface area (Å²) in [6.07, 6.45) is 4.05. The minimum atomic E-state index is -0.282. The van der Waals surface area contributed by atoms with Gasteiger partial charge in [-0.25, -0.2) is 4.39 Å². The van der Waals surface area contributed by atoms with Gasteiger partial charge in [0.2, 0.25) is 0 Å². The number of piperidine rings is 1. The molecule has 2 aliphatic rings. The molecule has 5 nitrogen and oxygen atoms in total. The predicted molar refractivity (Wildman–Crippen MR) is 127 cm³/mol. The molecule has 0 aromatic heterocycles. The summed E-state index contributed by atoms with van der Waals surface area (Å²) < 4.78 is 26.1. The summed E-state index contributed by atoms with van der Waals surface area (Å²) in [5, 5.41) is 0.403. The van der Waals surface area contributed by atoms with Gasteiger partial charge in [-0.1, -0.05) is 30.2 Å². The summed E-state index contributed by atoms with van der Waals surface area (Å²) in [7, 11) is 1.76. The van der Waals surface area contributed by atoms with Crippen LogP contribution >= 0.6 is 11.6 Å². The zero-order valence-corrected chi connectivity index (χ0v) is 19.9. The zero-order chi connectivity index (χ0) is 23.2. The van der Waals surface area contributed by atoms with Gasteiger partial charge in [-0.2, -0.15) is 0 Å². The molecule has 1 saturated heterocycles. The molecule has 0 spiro atoms. The molecule has 2 aromatic carbocycles. The molecule has 7 heteroatoms. The van der Waals surface area contributed by atoms with Crippen LogP contribution in [0.1, 0.15) is 41.6 Å². The first kappa shape index (κ1) is 24.0. The van der Waals surface area contributed by atoms with Gasteiger partial charge >= 0.3 is 0 Å². The number of rotatable bonds is 3. The van der Waals surface area contributed by atoms with Gasteiger partial charge in [-0.3, -0.25) is 9.69 Å². The molecule has 0 saturated carbocycles. The molecule has 2 aromatic rings. The van der Waals surface area contributed by atoms with Crippen LogP contribution in [0.15, 0.2) is 42.5 Å². The maximum Gasteiger partial charge on any atom is 0.254 e. The van der Waals surface area contributed by atoms with Crippen molar-refractivity contribution in [2.45, 2.75) is 38.3 Å². The van der Waals surface area contributed by atoms with Crippen LogP contribution in [0.4, 0.5) is 4.39 Å². The van der Waals surface area contributed by atoms with E-state index in [-0.39, 0.29) is 17.8 Å². The van der Waals surface area contributed by atoms with Gasteiger partial charge in [-0.15, -0.1) is 0 Å². The van der Waals surface area contributed by atoms with Crippen molar-refractivity contribution in [3.63, 3.8) is 0 Å². The fourth-order valence-electron chi connectivity index (χ4n) is 4.88. The molecule has 2 atom stereocenters. The van der Waals surface area contributed by atoms with Crippen LogP contribution in [0.5, 0.6) is 5.75 Å². The Labute approximate surface area is 200 Å². The average Bonchev–Trinajstić information content (AvgIpc) is 2.82. The molecule has 0 radical (unpaired) electrons. The molecule has 0 aliphatic carbocycles. The molecule has 0 N–H and O–H groups in total. The molecule has 33 heavy (non-hydrogen) atoms. The summed E-state index contributed by atoms with van der Waals surface area (Å²) in [5.74, 6) is 0.765. The maximum atomic E-state index is 14.4. The van der Waals surface area contributed by atoms with E-state index in [0.717, 1.165) is 32.2 Å². The molecule has 2 aliphatic heterocycles. The summed E-state index contributed by atoms with van der Waals surface area (Å²) in [6, 6.07) is 12.3. The average molecular weight is 475 g/mol. The summed E-state index contributed by atoms with van der Waals surface area (Å²) in [4.78, 5) is 17.3. The number of hydrogen-bond donors (Lipinski definition) is 0. The van der Waals surface area contributed by atoms with Crippen LogP contribution in [0.25, 0.3) is 0 Å². The molecule has 1 amide bonds. The largest absolute Gasteiger partial charge is 0.492 e. The van der Waals surface area contributed by atoms with Gasteiger partial charge < -0.3 is 14.4 Å². The zero-order valence-electron chi connectivity index (χ0n) is 19.1. The van der Waals surface area contributed by atoms with Gasteiger partial charge in [0.25, 0.3) is 5.91 Å². The van der Waals surface area contributed by atoms with E-state index < -0.39 is 0 Å². The van der Waals surface area contributed by atoms with Crippen LogP contribution in [0, 0.1) is 11.7 Å². The normalized spacial score (nSPS) is 22.9. The molecular formula is C26H32ClFN2O3. The number of ether oxygens (including phenoxy) is 2. The lowest BCUT2D eigenvalue weighted by Gasteiger charge is -2.38. The number of benzene rings is 2. The third kappa shape index (κ3) is 6.25. The van der Waals surface area contributed by atoms with Crippen molar-refractivity contribution in [1.82, 2.24) is 9.80 Å². The van der Waals surface area contributed by atoms with Crippen LogP contribution in [0.3, 0.4) is 0 Å². The third-order valence-corrected chi connectivity index (χ3v) is 6.95. The Bertz CT molecular complexity index is 957. The lowest BCUT2D eigenvalue weighted by molar-refractivity contribution is -0.00677. The van der Waals surface area contributed by atoms with Gasteiger partial charge in [-0.05, 0) is 56.1 Å². The highest BCUT2D eigenvalue weighted by atomic mass is 35.5. The highest BCUT2D eigenvalue weighted by Crippen LogP contribution is 2.27. The van der Waals surface area contributed by atoms with Gasteiger partial charge in [0.1, 0.15) is 18.2 Å². The molecule has 2 heterocycles. The highest BCUT2D eigenvalue weighted by Gasteiger charge is 2.31. The Morgan fingerprint density at radius 3 is 2.82 bits per heavy atom. The Morgan fingerprint density at radius 2 is 2.00 bits per heavy atom. The summed E-state index contributed by atoms with van der Waals surface area (Å²) >= 11 is 5.92. The lowest BCUT2D eigenvalue weighted by atomic mass is 9.89. The first-order chi connectivity index (χ1) is 16.0. The number of carbonyl (C=O) groups excluding carboxylic acids is 1. The van der Waals surface area contributed by atoms with Crippen molar-refractivity contribution in [2.24, 2.45) is 5.92 Å². The number of nitrogens with zero attached hydrogens (tertiary/aromatic N) is 2. The second-order valence-corrected chi connectivity index (χ2v) is 9.39. The maximum absolute atomic E-state index is 14.4. The summed E-state index contributed by atoms with van der Waals surface area (Å²) in [5.41, 5.74) is 1.28. The molecule has 4 bridgehead atoms. The Balaban J connectivity index is 1.51. The van der Waals surface area contributed by atoms with Crippen LogP contribution in [-0.2, 0) is 11.3 Å². The fourth-order valence-corrected chi connectivity index (χ4v) is 5.04. The second kappa shape index (κ2) is 11.3. The van der Waals surface area contributed by atoms with E-state index in [1.54, 1.807) is 19.2 Å². The quantitative estimate of drug-likeness (QED) is 0.626. The van der Waals surface area contributed by atoms with Crippen LogP contribution in [0.2, 0.25) is 5.02 Å². The SMILES string of the molecule is CO[C@H]1CCN2C[C@H]1CCCCN(Cc1ccc(Cl)cc1F)CCOc1cccc(c1)C2=O. The van der Waals surface area contributed by atoms with Crippen molar-refractivity contribution >= 4 is 17.5 Å². The molecule has 4 rings (SSSR count). The van der Waals surface area contributed by atoms with E-state index in [9.17, 15) is 9.18 Å². The molecular weight excluding hydrogens is 443 g/mol. The Morgan fingerprint density at radius 1 is 1.12 bits per heavy atom. The number of fused-ring (bicyclic) bond motifs is 4. The van der Waals surface area contributed by atoms with Crippen molar-refractivity contribution in [3.05, 3.63) is 64.4 Å². The van der Waals surface area contributed by atoms with E-state index in [2.05, 4.69) is 4.90 Å². The third-order valence-electron chi connectivity index (χ3n) is 6.72. The lowest BCUT2D eigenvalue weighted by Crippen LogP contribution is -2.46. The van der Waals surface area contributed by atoms with Crippen molar-refractivity contribution in [3.8, 4) is 5.75 Å². The molecule has 178 valence electrons. The Hall–Kier alpha value is -2.15. The number of methoxy groups -OCH3 is 1. The van der Waals surface area contributed by atoms with Crippen molar-refractivity contribution < 1.29 is 18.7 Å². The topological polar surface area (TPSA) is 42.0 Å². The van der Waals surface area contributed by atoms with E-state index in [1.807, 2.05) is 29.2 Å². The first-order valence-electron chi connectivity index (χ1n) is 11.7. The standard InChI is InChI=1S/C26H32ClFN2O3/c1-32-25-10-12-30-18-21(25)5-2-3-11-29(17-20-8-9-22(27)16-24(20)28)13-14-33-23-7-4-6-19(15-23)26(30)31/h4,6-9,15-16,21,25H,2-3,5,10-14,17-18H2,1H3/t21-,25+/m1/s1. The van der Waals surface area contributed by atoms with E-state index >= 15 is 0 Å². The van der Waals surface area contributed by atoms with E-state index in [0.29, 0.717) is 60.6 Å². The van der Waals surface area contributed by atoms with Crippen molar-refractivity contribution in [2.75, 3.05) is 39.9 Å². The van der Waals surface area contributed by atoms with E-state index in [1.165, 1.54) is 6.07 Å². The minimum absolute atomic E-state index is 0.0507. The fraction of sp³-hybridized carbons (Fsp3) is 0.500. The van der Waals surface area contributed by atoms with Crippen molar-refractivity contribution in [1.29, 1.82) is 0 Å². The number of halogens is 2. The second-order valence-electron chi connectivity index (χ2n) is 8.96. The van der Waals surface area contributed by atoms with E-state index in [4.69, 9.17) is 21.1 Å². The minimum Gasteiger partial charge on any atom is -0.492 e.